The molecule has 1 heterocycles. The second-order valence-electron chi connectivity index (χ2n) is 4.03. The molecule has 1 aromatic heterocycles. The molecule has 0 spiro atoms. The quantitative estimate of drug-likeness (QED) is 0.696. The highest BCUT2D eigenvalue weighted by Crippen LogP contribution is 2.31. The van der Waals surface area contributed by atoms with E-state index in [2.05, 4.69) is 15.9 Å². The summed E-state index contributed by atoms with van der Waals surface area (Å²) in [6.07, 6.45) is 0.816. The number of benzene rings is 1. The first kappa shape index (κ1) is 13.0. The van der Waals surface area contributed by atoms with Gasteiger partial charge >= 0.3 is 5.63 Å². The van der Waals surface area contributed by atoms with E-state index in [-0.39, 0.29) is 5.75 Å². The van der Waals surface area contributed by atoms with Crippen LogP contribution >= 0.6 is 15.9 Å². The summed E-state index contributed by atoms with van der Waals surface area (Å²) in [7, 11) is 0. The standard InChI is InChI=1S/C13H13BrO4/c1-8(14)4-5-17-12-7-11-9(6-10(12)15)2-3-13(16)18-11/h2-3,6-8,15H,4-5H2,1H3. The lowest BCUT2D eigenvalue weighted by Crippen LogP contribution is -2.03. The molecule has 1 aromatic carbocycles. The highest BCUT2D eigenvalue weighted by molar-refractivity contribution is 9.09. The number of phenolic OH excluding ortho intramolecular Hbond substituents is 1. The Labute approximate surface area is 112 Å². The van der Waals surface area contributed by atoms with E-state index in [9.17, 15) is 9.90 Å². The molecule has 1 atom stereocenters. The van der Waals surface area contributed by atoms with E-state index in [0.717, 1.165) is 6.42 Å². The first-order valence-electron chi connectivity index (χ1n) is 5.60. The predicted molar refractivity (Wildman–Crippen MR) is 72.6 cm³/mol. The number of halogens is 1. The van der Waals surface area contributed by atoms with E-state index in [1.165, 1.54) is 18.2 Å². The average molecular weight is 313 g/mol. The molecule has 0 bridgehead atoms. The summed E-state index contributed by atoms with van der Waals surface area (Å²) in [4.78, 5) is 11.5. The van der Waals surface area contributed by atoms with Gasteiger partial charge in [0, 0.05) is 22.3 Å². The smallest absolute Gasteiger partial charge is 0.336 e. The maximum Gasteiger partial charge on any atom is 0.336 e. The molecule has 0 aliphatic rings. The zero-order chi connectivity index (χ0) is 13.1. The van der Waals surface area contributed by atoms with Gasteiger partial charge in [-0.25, -0.2) is 4.79 Å². The summed E-state index contributed by atoms with van der Waals surface area (Å²) in [5.41, 5.74) is -0.0181. The van der Waals surface area contributed by atoms with Crippen LogP contribution in [0.3, 0.4) is 0 Å². The van der Waals surface area contributed by atoms with Gasteiger partial charge in [-0.05, 0) is 18.6 Å². The van der Waals surface area contributed by atoms with Gasteiger partial charge in [0.15, 0.2) is 11.5 Å². The van der Waals surface area contributed by atoms with Gasteiger partial charge in [-0.3, -0.25) is 0 Å². The second-order valence-corrected chi connectivity index (χ2v) is 5.59. The molecule has 0 saturated heterocycles. The highest BCUT2D eigenvalue weighted by atomic mass is 79.9. The third-order valence-electron chi connectivity index (χ3n) is 2.47. The lowest BCUT2D eigenvalue weighted by Gasteiger charge is -2.09. The maximum atomic E-state index is 11.1. The number of ether oxygens (including phenoxy) is 1. The van der Waals surface area contributed by atoms with Crippen molar-refractivity contribution in [3.63, 3.8) is 0 Å². The minimum Gasteiger partial charge on any atom is -0.504 e. The zero-order valence-corrected chi connectivity index (χ0v) is 11.4. The number of fused-ring (bicyclic) bond motifs is 1. The van der Waals surface area contributed by atoms with Crippen LogP contribution in [-0.2, 0) is 0 Å². The van der Waals surface area contributed by atoms with Crippen molar-refractivity contribution in [3.05, 3.63) is 34.7 Å². The number of hydrogen-bond donors (Lipinski definition) is 1. The Morgan fingerprint density at radius 3 is 2.94 bits per heavy atom. The fourth-order valence-electron chi connectivity index (χ4n) is 1.53. The summed E-state index contributed by atoms with van der Waals surface area (Å²) < 4.78 is 10.5. The Hall–Kier alpha value is -1.49. The molecule has 0 aliphatic heterocycles. The van der Waals surface area contributed by atoms with Crippen LogP contribution in [0.2, 0.25) is 0 Å². The Kier molecular flexibility index (Phi) is 3.91. The third kappa shape index (κ3) is 3.04. The van der Waals surface area contributed by atoms with Gasteiger partial charge in [0.25, 0.3) is 0 Å². The van der Waals surface area contributed by atoms with Crippen LogP contribution in [0.4, 0.5) is 0 Å². The minimum atomic E-state index is -0.423. The highest BCUT2D eigenvalue weighted by Gasteiger charge is 2.07. The monoisotopic (exact) mass is 312 g/mol. The number of hydrogen-bond acceptors (Lipinski definition) is 4. The van der Waals surface area contributed by atoms with Crippen molar-refractivity contribution >= 4 is 26.9 Å². The first-order chi connectivity index (χ1) is 8.56. The van der Waals surface area contributed by atoms with Crippen molar-refractivity contribution in [2.75, 3.05) is 6.61 Å². The van der Waals surface area contributed by atoms with Gasteiger partial charge in [-0.2, -0.15) is 0 Å². The SMILES string of the molecule is CC(Br)CCOc1cc2oc(=O)ccc2cc1O. The van der Waals surface area contributed by atoms with Crippen LogP contribution in [0.25, 0.3) is 11.0 Å². The molecule has 96 valence electrons. The van der Waals surface area contributed by atoms with E-state index in [4.69, 9.17) is 9.15 Å². The molecule has 1 unspecified atom stereocenters. The van der Waals surface area contributed by atoms with Crippen LogP contribution in [0.15, 0.2) is 33.5 Å². The summed E-state index contributed by atoms with van der Waals surface area (Å²) in [5.74, 6) is 0.364. The van der Waals surface area contributed by atoms with E-state index in [1.54, 1.807) is 6.07 Å². The van der Waals surface area contributed by atoms with Gasteiger partial charge in [0.1, 0.15) is 5.58 Å². The fourth-order valence-corrected chi connectivity index (χ4v) is 1.72. The van der Waals surface area contributed by atoms with Crippen molar-refractivity contribution in [1.82, 2.24) is 0 Å². The Morgan fingerprint density at radius 1 is 1.44 bits per heavy atom. The Balaban J connectivity index is 2.27. The van der Waals surface area contributed by atoms with Crippen LogP contribution in [0.5, 0.6) is 11.5 Å². The van der Waals surface area contributed by atoms with Crippen molar-refractivity contribution in [1.29, 1.82) is 0 Å². The molecule has 5 heteroatoms. The number of aromatic hydroxyl groups is 1. The van der Waals surface area contributed by atoms with Crippen LogP contribution in [-0.4, -0.2) is 16.5 Å². The van der Waals surface area contributed by atoms with E-state index >= 15 is 0 Å². The van der Waals surface area contributed by atoms with E-state index in [1.807, 2.05) is 6.92 Å². The number of rotatable bonds is 4. The van der Waals surface area contributed by atoms with Gasteiger partial charge in [-0.1, -0.05) is 22.9 Å². The number of phenols is 1. The molecular weight excluding hydrogens is 300 g/mol. The zero-order valence-electron chi connectivity index (χ0n) is 9.85. The molecule has 2 rings (SSSR count). The summed E-state index contributed by atoms with van der Waals surface area (Å²) in [6, 6.07) is 5.97. The van der Waals surface area contributed by atoms with Gasteiger partial charge < -0.3 is 14.3 Å². The van der Waals surface area contributed by atoms with Gasteiger partial charge in [0.05, 0.1) is 6.61 Å². The number of alkyl halides is 1. The normalized spacial score (nSPS) is 12.6. The van der Waals surface area contributed by atoms with Crippen molar-refractivity contribution in [3.8, 4) is 11.5 Å². The molecule has 18 heavy (non-hydrogen) atoms. The molecule has 0 fully saturated rings. The van der Waals surface area contributed by atoms with Gasteiger partial charge in [0.2, 0.25) is 0 Å². The molecule has 4 nitrogen and oxygen atoms in total. The third-order valence-corrected chi connectivity index (χ3v) is 2.93. The Morgan fingerprint density at radius 2 is 2.22 bits per heavy atom. The van der Waals surface area contributed by atoms with Crippen LogP contribution in [0.1, 0.15) is 13.3 Å². The van der Waals surface area contributed by atoms with E-state index in [0.29, 0.717) is 28.2 Å². The van der Waals surface area contributed by atoms with E-state index < -0.39 is 5.63 Å². The minimum absolute atomic E-state index is 0.0403. The average Bonchev–Trinajstić information content (AvgIpc) is 2.30. The first-order valence-corrected chi connectivity index (χ1v) is 6.51. The van der Waals surface area contributed by atoms with Crippen molar-refractivity contribution < 1.29 is 14.3 Å². The lowest BCUT2D eigenvalue weighted by atomic mass is 10.2. The molecule has 0 amide bonds. The lowest BCUT2D eigenvalue weighted by molar-refractivity contribution is 0.295. The van der Waals surface area contributed by atoms with Crippen molar-refractivity contribution in [2.24, 2.45) is 0 Å². The predicted octanol–water partition coefficient (Wildman–Crippen LogP) is 3.05. The van der Waals surface area contributed by atoms with Crippen LogP contribution < -0.4 is 10.4 Å². The van der Waals surface area contributed by atoms with Gasteiger partial charge in [-0.15, -0.1) is 0 Å². The summed E-state index contributed by atoms with van der Waals surface area (Å²) in [6.45, 7) is 2.49. The molecule has 1 N–H and O–H groups in total. The van der Waals surface area contributed by atoms with Crippen molar-refractivity contribution in [2.45, 2.75) is 18.2 Å². The summed E-state index contributed by atoms with van der Waals surface area (Å²) >= 11 is 3.41. The molecule has 0 saturated carbocycles. The topological polar surface area (TPSA) is 59.7 Å². The molecular formula is C13H13BrO4. The Bertz CT molecular complexity index is 603. The fraction of sp³-hybridized carbons (Fsp3) is 0.308. The molecule has 0 aliphatic carbocycles. The second kappa shape index (κ2) is 5.44. The largest absolute Gasteiger partial charge is 0.504 e. The summed E-state index contributed by atoms with van der Waals surface area (Å²) in [5, 5.41) is 10.4. The molecule has 0 radical (unpaired) electrons. The van der Waals surface area contributed by atoms with Crippen LogP contribution in [0, 0.1) is 0 Å². The maximum absolute atomic E-state index is 11.1. The molecule has 2 aromatic rings.